The summed E-state index contributed by atoms with van der Waals surface area (Å²) in [7, 11) is 1.42. The van der Waals surface area contributed by atoms with Crippen molar-refractivity contribution < 1.29 is 13.9 Å². The highest BCUT2D eigenvalue weighted by Gasteiger charge is 2.40. The van der Waals surface area contributed by atoms with Crippen LogP contribution >= 0.6 is 0 Å². The fourth-order valence-corrected chi connectivity index (χ4v) is 3.46. The summed E-state index contributed by atoms with van der Waals surface area (Å²) >= 11 is 0. The van der Waals surface area contributed by atoms with Crippen LogP contribution in [0, 0.1) is 11.2 Å². The second-order valence-corrected chi connectivity index (χ2v) is 6.08. The van der Waals surface area contributed by atoms with Crippen LogP contribution in [0.5, 0.6) is 5.75 Å². The highest BCUT2D eigenvalue weighted by atomic mass is 19.1. The summed E-state index contributed by atoms with van der Waals surface area (Å²) in [6, 6.07) is 4.42. The van der Waals surface area contributed by atoms with Gasteiger partial charge in [0.2, 0.25) is 0 Å². The number of nitrogens with one attached hydrogen (secondary N) is 1. The largest absolute Gasteiger partial charge is 0.494 e. The first kappa shape index (κ1) is 14.3. The summed E-state index contributed by atoms with van der Waals surface area (Å²) in [5, 5.41) is 3.36. The number of rotatable bonds is 2. The third kappa shape index (κ3) is 2.75. The number of methoxy groups -OCH3 is 1. The molecular weight excluding hydrogens is 271 g/mol. The van der Waals surface area contributed by atoms with Crippen LogP contribution in [-0.4, -0.2) is 44.1 Å². The van der Waals surface area contributed by atoms with E-state index >= 15 is 0 Å². The van der Waals surface area contributed by atoms with Crippen LogP contribution in [0.3, 0.4) is 0 Å². The molecule has 1 aromatic rings. The van der Waals surface area contributed by atoms with E-state index in [4.69, 9.17) is 4.74 Å². The minimum Gasteiger partial charge on any atom is -0.494 e. The normalized spacial score (nSPS) is 20.8. The summed E-state index contributed by atoms with van der Waals surface area (Å²) in [6.45, 7) is 3.62. The Labute approximate surface area is 124 Å². The molecule has 1 N–H and O–H groups in total. The van der Waals surface area contributed by atoms with E-state index in [9.17, 15) is 9.18 Å². The minimum atomic E-state index is -0.487. The van der Waals surface area contributed by atoms with Crippen LogP contribution in [0.15, 0.2) is 18.2 Å². The van der Waals surface area contributed by atoms with Crippen LogP contribution in [-0.2, 0) is 0 Å². The molecule has 4 nitrogen and oxygen atoms in total. The summed E-state index contributed by atoms with van der Waals surface area (Å²) in [5.41, 5.74) is 0.672. The standard InChI is InChI=1S/C16H21FN2O2/c1-21-14-3-2-12(10-13(14)17)15(20)19-9-6-16(11-19)4-7-18-8-5-16/h2-3,10,18H,4-9,11H2,1H3. The molecular formula is C16H21FN2O2. The van der Waals surface area contributed by atoms with Gasteiger partial charge < -0.3 is 15.0 Å². The Balaban J connectivity index is 1.72. The topological polar surface area (TPSA) is 41.6 Å². The molecule has 0 aliphatic carbocycles. The average molecular weight is 292 g/mol. The van der Waals surface area contributed by atoms with Crippen molar-refractivity contribution in [2.24, 2.45) is 5.41 Å². The molecule has 5 heteroatoms. The molecule has 1 aromatic carbocycles. The number of amides is 1. The van der Waals surface area contributed by atoms with Gasteiger partial charge in [-0.25, -0.2) is 4.39 Å². The number of benzene rings is 1. The Bertz CT molecular complexity index is 541. The number of ether oxygens (including phenoxy) is 1. The Kier molecular flexibility index (Phi) is 3.85. The smallest absolute Gasteiger partial charge is 0.253 e. The first-order valence-corrected chi connectivity index (χ1v) is 7.47. The predicted molar refractivity (Wildman–Crippen MR) is 78.0 cm³/mol. The lowest BCUT2D eigenvalue weighted by atomic mass is 9.78. The monoisotopic (exact) mass is 292 g/mol. The number of carbonyl (C=O) groups excluding carboxylic acids is 1. The van der Waals surface area contributed by atoms with E-state index in [1.165, 1.54) is 19.2 Å². The number of carbonyl (C=O) groups is 1. The quantitative estimate of drug-likeness (QED) is 0.907. The molecule has 0 saturated carbocycles. The lowest BCUT2D eigenvalue weighted by Crippen LogP contribution is -2.39. The van der Waals surface area contributed by atoms with E-state index in [2.05, 4.69) is 5.32 Å². The van der Waals surface area contributed by atoms with Crippen LogP contribution in [0.4, 0.5) is 4.39 Å². The maximum absolute atomic E-state index is 13.7. The third-order valence-corrected chi connectivity index (χ3v) is 4.79. The Morgan fingerprint density at radius 3 is 2.76 bits per heavy atom. The van der Waals surface area contributed by atoms with Gasteiger partial charge in [-0.05, 0) is 56.0 Å². The molecule has 2 aliphatic heterocycles. The summed E-state index contributed by atoms with van der Waals surface area (Å²) in [6.07, 6.45) is 3.29. The van der Waals surface area contributed by atoms with Gasteiger partial charge >= 0.3 is 0 Å². The Morgan fingerprint density at radius 2 is 2.10 bits per heavy atom. The molecule has 2 aliphatic rings. The van der Waals surface area contributed by atoms with Gasteiger partial charge in [-0.2, -0.15) is 0 Å². The number of piperidine rings is 1. The molecule has 0 unspecified atom stereocenters. The highest BCUT2D eigenvalue weighted by Crippen LogP contribution is 2.39. The zero-order valence-corrected chi connectivity index (χ0v) is 12.3. The van der Waals surface area contributed by atoms with Gasteiger partial charge in [-0.15, -0.1) is 0 Å². The van der Waals surface area contributed by atoms with E-state index in [1.54, 1.807) is 6.07 Å². The summed E-state index contributed by atoms with van der Waals surface area (Å²) < 4.78 is 18.6. The van der Waals surface area contributed by atoms with E-state index in [1.807, 2.05) is 4.90 Å². The first-order valence-electron chi connectivity index (χ1n) is 7.47. The SMILES string of the molecule is COc1ccc(C(=O)N2CCC3(CCNCC3)C2)cc1F. The van der Waals surface area contributed by atoms with Gasteiger partial charge in [0.05, 0.1) is 7.11 Å². The zero-order valence-electron chi connectivity index (χ0n) is 12.3. The van der Waals surface area contributed by atoms with Gasteiger partial charge in [-0.3, -0.25) is 4.79 Å². The maximum Gasteiger partial charge on any atom is 0.253 e. The van der Waals surface area contributed by atoms with E-state index in [0.717, 1.165) is 45.4 Å². The summed E-state index contributed by atoms with van der Waals surface area (Å²) in [4.78, 5) is 14.4. The molecule has 2 fully saturated rings. The van der Waals surface area contributed by atoms with Crippen LogP contribution < -0.4 is 10.1 Å². The lowest BCUT2D eigenvalue weighted by Gasteiger charge is -2.33. The molecule has 0 radical (unpaired) electrons. The number of nitrogens with zero attached hydrogens (tertiary/aromatic N) is 1. The second-order valence-electron chi connectivity index (χ2n) is 6.08. The van der Waals surface area contributed by atoms with Crippen molar-refractivity contribution in [3.8, 4) is 5.75 Å². The Hall–Kier alpha value is -1.62. The molecule has 0 bridgehead atoms. The molecule has 2 heterocycles. The van der Waals surface area contributed by atoms with Crippen molar-refractivity contribution in [2.45, 2.75) is 19.3 Å². The second kappa shape index (κ2) is 5.64. The van der Waals surface area contributed by atoms with Crippen LogP contribution in [0.1, 0.15) is 29.6 Å². The van der Waals surface area contributed by atoms with Crippen molar-refractivity contribution >= 4 is 5.91 Å². The molecule has 21 heavy (non-hydrogen) atoms. The van der Waals surface area contributed by atoms with Gasteiger partial charge in [0.15, 0.2) is 11.6 Å². The fourth-order valence-electron chi connectivity index (χ4n) is 3.46. The highest BCUT2D eigenvalue weighted by molar-refractivity contribution is 5.94. The fraction of sp³-hybridized carbons (Fsp3) is 0.562. The molecule has 2 saturated heterocycles. The predicted octanol–water partition coefficient (Wildman–Crippen LogP) is 2.05. The van der Waals surface area contributed by atoms with Crippen LogP contribution in [0.2, 0.25) is 0 Å². The minimum absolute atomic E-state index is 0.0769. The van der Waals surface area contributed by atoms with Gasteiger partial charge in [0.25, 0.3) is 5.91 Å². The van der Waals surface area contributed by atoms with Gasteiger partial charge in [0, 0.05) is 18.7 Å². The molecule has 114 valence electrons. The molecule has 1 spiro atoms. The molecule has 0 atom stereocenters. The maximum atomic E-state index is 13.7. The first-order chi connectivity index (χ1) is 10.1. The molecule has 0 aromatic heterocycles. The van der Waals surface area contributed by atoms with Gasteiger partial charge in [-0.1, -0.05) is 0 Å². The average Bonchev–Trinajstić information content (AvgIpc) is 2.90. The molecule has 3 rings (SSSR count). The number of halogens is 1. The van der Waals surface area contributed by atoms with Gasteiger partial charge in [0.1, 0.15) is 0 Å². The zero-order chi connectivity index (χ0) is 14.9. The van der Waals surface area contributed by atoms with Crippen molar-refractivity contribution in [3.63, 3.8) is 0 Å². The number of hydrogen-bond acceptors (Lipinski definition) is 3. The van der Waals surface area contributed by atoms with E-state index < -0.39 is 5.82 Å². The summed E-state index contributed by atoms with van der Waals surface area (Å²) in [5.74, 6) is -0.395. The van der Waals surface area contributed by atoms with E-state index in [0.29, 0.717) is 5.56 Å². The van der Waals surface area contributed by atoms with Crippen molar-refractivity contribution in [1.29, 1.82) is 0 Å². The lowest BCUT2D eigenvalue weighted by molar-refractivity contribution is 0.0761. The van der Waals surface area contributed by atoms with Crippen molar-refractivity contribution in [1.82, 2.24) is 10.2 Å². The number of hydrogen-bond donors (Lipinski definition) is 1. The molecule has 1 amide bonds. The van der Waals surface area contributed by atoms with Crippen LogP contribution in [0.25, 0.3) is 0 Å². The number of likely N-dealkylation sites (tertiary alicyclic amines) is 1. The third-order valence-electron chi connectivity index (χ3n) is 4.79. The Morgan fingerprint density at radius 1 is 1.33 bits per heavy atom. The van der Waals surface area contributed by atoms with Crippen molar-refractivity contribution in [2.75, 3.05) is 33.3 Å². The van der Waals surface area contributed by atoms with E-state index in [-0.39, 0.29) is 17.1 Å². The van der Waals surface area contributed by atoms with Crippen molar-refractivity contribution in [3.05, 3.63) is 29.6 Å².